The van der Waals surface area contributed by atoms with Gasteiger partial charge in [-0.3, -0.25) is 4.90 Å². The summed E-state index contributed by atoms with van der Waals surface area (Å²) in [6, 6.07) is 10.2. The van der Waals surface area contributed by atoms with Crippen molar-refractivity contribution >= 4 is 11.8 Å². The molecule has 0 radical (unpaired) electrons. The highest BCUT2D eigenvalue weighted by Gasteiger charge is 2.28. The van der Waals surface area contributed by atoms with E-state index < -0.39 is 17.7 Å². The summed E-state index contributed by atoms with van der Waals surface area (Å²) >= 11 is 0. The van der Waals surface area contributed by atoms with Crippen molar-refractivity contribution in [3.63, 3.8) is 0 Å². The highest BCUT2D eigenvalue weighted by Crippen LogP contribution is 2.29. The maximum Gasteiger partial charge on any atom is 0.414 e. The molecule has 126 valence electrons. The molecule has 0 spiro atoms. The van der Waals surface area contributed by atoms with Crippen LogP contribution in [0.4, 0.5) is 19.3 Å². The summed E-state index contributed by atoms with van der Waals surface area (Å²) in [6.07, 6.45) is 0.259. The van der Waals surface area contributed by atoms with E-state index in [1.807, 2.05) is 0 Å². The standard InChI is InChI=1S/C18H17F2NO3/c19-13-4-5-16(17(20)11-13)12-2-1-3-14(10-12)21-8-6-15(7-9-22)24-18(21)23/h1-5,10-11,15,22H,6-9H2. The van der Waals surface area contributed by atoms with Gasteiger partial charge >= 0.3 is 6.09 Å². The van der Waals surface area contributed by atoms with Gasteiger partial charge in [-0.1, -0.05) is 12.1 Å². The van der Waals surface area contributed by atoms with Gasteiger partial charge in [0.05, 0.1) is 0 Å². The average Bonchev–Trinajstić information content (AvgIpc) is 2.55. The highest BCUT2D eigenvalue weighted by molar-refractivity contribution is 5.89. The molecule has 1 fully saturated rings. The lowest BCUT2D eigenvalue weighted by Crippen LogP contribution is -2.42. The molecule has 4 nitrogen and oxygen atoms in total. The third-order valence-electron chi connectivity index (χ3n) is 4.01. The fourth-order valence-electron chi connectivity index (χ4n) is 2.78. The Bertz CT molecular complexity index is 751. The fourth-order valence-corrected chi connectivity index (χ4v) is 2.78. The molecule has 1 atom stereocenters. The lowest BCUT2D eigenvalue weighted by molar-refractivity contribution is 0.0676. The monoisotopic (exact) mass is 333 g/mol. The number of cyclic esters (lactones) is 1. The molecule has 3 rings (SSSR count). The van der Waals surface area contributed by atoms with E-state index in [0.717, 1.165) is 6.07 Å². The number of aliphatic hydroxyl groups excluding tert-OH is 1. The Labute approximate surface area is 138 Å². The van der Waals surface area contributed by atoms with Gasteiger partial charge in [0.15, 0.2) is 0 Å². The number of carbonyl (C=O) groups is 1. The van der Waals surface area contributed by atoms with E-state index in [0.29, 0.717) is 30.6 Å². The average molecular weight is 333 g/mol. The Morgan fingerprint density at radius 1 is 1.21 bits per heavy atom. The minimum absolute atomic E-state index is 0.0305. The summed E-state index contributed by atoms with van der Waals surface area (Å²) in [5.41, 5.74) is 1.40. The summed E-state index contributed by atoms with van der Waals surface area (Å²) in [6.45, 7) is 0.427. The number of hydrogen-bond donors (Lipinski definition) is 1. The van der Waals surface area contributed by atoms with Crippen LogP contribution in [-0.4, -0.2) is 30.5 Å². The van der Waals surface area contributed by atoms with Gasteiger partial charge in [0.2, 0.25) is 0 Å². The summed E-state index contributed by atoms with van der Waals surface area (Å²) < 4.78 is 32.3. The Morgan fingerprint density at radius 2 is 2.04 bits per heavy atom. The maximum absolute atomic E-state index is 14.0. The second-order valence-electron chi connectivity index (χ2n) is 5.63. The van der Waals surface area contributed by atoms with Crippen LogP contribution >= 0.6 is 0 Å². The first-order valence-electron chi connectivity index (χ1n) is 7.73. The minimum Gasteiger partial charge on any atom is -0.446 e. The Balaban J connectivity index is 1.84. The van der Waals surface area contributed by atoms with Crippen LogP contribution < -0.4 is 4.90 Å². The first-order chi connectivity index (χ1) is 11.6. The molecule has 24 heavy (non-hydrogen) atoms. The molecule has 1 saturated heterocycles. The predicted octanol–water partition coefficient (Wildman–Crippen LogP) is 3.73. The molecule has 0 bridgehead atoms. The maximum atomic E-state index is 14.0. The van der Waals surface area contributed by atoms with E-state index in [4.69, 9.17) is 9.84 Å². The van der Waals surface area contributed by atoms with Gasteiger partial charge in [-0.2, -0.15) is 0 Å². The first-order valence-corrected chi connectivity index (χ1v) is 7.73. The van der Waals surface area contributed by atoms with Crippen molar-refractivity contribution in [2.45, 2.75) is 18.9 Å². The van der Waals surface area contributed by atoms with Crippen molar-refractivity contribution < 1.29 is 23.4 Å². The Hall–Kier alpha value is -2.47. The zero-order valence-electron chi connectivity index (χ0n) is 12.9. The quantitative estimate of drug-likeness (QED) is 0.927. The van der Waals surface area contributed by atoms with Crippen LogP contribution in [0.15, 0.2) is 42.5 Å². The number of anilines is 1. The summed E-state index contributed by atoms with van der Waals surface area (Å²) in [4.78, 5) is 13.6. The van der Waals surface area contributed by atoms with Crippen LogP contribution in [-0.2, 0) is 4.74 Å². The van der Waals surface area contributed by atoms with Crippen LogP contribution in [0.5, 0.6) is 0 Å². The number of ether oxygens (including phenoxy) is 1. The van der Waals surface area contributed by atoms with Crippen LogP contribution in [0.2, 0.25) is 0 Å². The molecule has 0 aromatic heterocycles. The van der Waals surface area contributed by atoms with Crippen molar-refractivity contribution in [3.05, 3.63) is 54.1 Å². The van der Waals surface area contributed by atoms with Gasteiger partial charge in [-0.15, -0.1) is 0 Å². The Morgan fingerprint density at radius 3 is 2.75 bits per heavy atom. The molecular formula is C18H17F2NO3. The molecule has 1 aliphatic heterocycles. The predicted molar refractivity (Wildman–Crippen MR) is 85.7 cm³/mol. The molecular weight excluding hydrogens is 316 g/mol. The number of benzene rings is 2. The van der Waals surface area contributed by atoms with E-state index in [-0.39, 0.29) is 18.3 Å². The number of rotatable bonds is 4. The van der Waals surface area contributed by atoms with Gasteiger partial charge < -0.3 is 9.84 Å². The molecule has 2 aromatic carbocycles. The molecule has 1 N–H and O–H groups in total. The number of carbonyl (C=O) groups excluding carboxylic acids is 1. The van der Waals surface area contributed by atoms with E-state index in [1.165, 1.54) is 17.0 Å². The molecule has 2 aromatic rings. The van der Waals surface area contributed by atoms with E-state index >= 15 is 0 Å². The summed E-state index contributed by atoms with van der Waals surface area (Å²) in [5, 5.41) is 8.93. The molecule has 0 aliphatic carbocycles. The number of nitrogens with zero attached hydrogens (tertiary/aromatic N) is 1. The Kier molecular flexibility index (Phi) is 4.76. The number of aliphatic hydroxyl groups is 1. The van der Waals surface area contributed by atoms with Crippen molar-refractivity contribution in [1.29, 1.82) is 0 Å². The normalized spacial score (nSPS) is 17.7. The second-order valence-corrected chi connectivity index (χ2v) is 5.63. The zero-order valence-corrected chi connectivity index (χ0v) is 12.9. The number of amides is 1. The third-order valence-corrected chi connectivity index (χ3v) is 4.01. The van der Waals surface area contributed by atoms with Crippen LogP contribution in [0.3, 0.4) is 0 Å². The third kappa shape index (κ3) is 3.38. The van der Waals surface area contributed by atoms with Crippen molar-refractivity contribution in [3.8, 4) is 11.1 Å². The van der Waals surface area contributed by atoms with Crippen LogP contribution in [0.1, 0.15) is 12.8 Å². The number of halogens is 2. The van der Waals surface area contributed by atoms with Crippen LogP contribution in [0.25, 0.3) is 11.1 Å². The number of hydrogen-bond acceptors (Lipinski definition) is 3. The van der Waals surface area contributed by atoms with Gasteiger partial charge in [0.1, 0.15) is 17.7 Å². The van der Waals surface area contributed by atoms with Crippen molar-refractivity contribution in [2.24, 2.45) is 0 Å². The van der Waals surface area contributed by atoms with Gasteiger partial charge in [0, 0.05) is 43.3 Å². The van der Waals surface area contributed by atoms with Crippen molar-refractivity contribution in [1.82, 2.24) is 0 Å². The van der Waals surface area contributed by atoms with Crippen LogP contribution in [0, 0.1) is 11.6 Å². The van der Waals surface area contributed by atoms with Gasteiger partial charge in [0.25, 0.3) is 0 Å². The minimum atomic E-state index is -0.656. The van der Waals surface area contributed by atoms with Gasteiger partial charge in [-0.05, 0) is 29.8 Å². The van der Waals surface area contributed by atoms with E-state index in [2.05, 4.69) is 0 Å². The fraction of sp³-hybridized carbons (Fsp3) is 0.278. The van der Waals surface area contributed by atoms with Crippen molar-refractivity contribution in [2.75, 3.05) is 18.1 Å². The molecule has 1 heterocycles. The summed E-state index contributed by atoms with van der Waals surface area (Å²) in [5.74, 6) is -1.29. The first kappa shape index (κ1) is 16.4. The largest absolute Gasteiger partial charge is 0.446 e. The molecule has 1 amide bonds. The zero-order chi connectivity index (χ0) is 17.1. The van der Waals surface area contributed by atoms with Gasteiger partial charge in [-0.25, -0.2) is 13.6 Å². The van der Waals surface area contributed by atoms with E-state index in [1.54, 1.807) is 24.3 Å². The second kappa shape index (κ2) is 6.97. The molecule has 6 heteroatoms. The SMILES string of the molecule is O=C1OC(CCO)CCN1c1cccc(-c2ccc(F)cc2F)c1. The molecule has 1 unspecified atom stereocenters. The van der Waals surface area contributed by atoms with E-state index in [9.17, 15) is 13.6 Å². The highest BCUT2D eigenvalue weighted by atomic mass is 19.1. The molecule has 1 aliphatic rings. The lowest BCUT2D eigenvalue weighted by atomic mass is 10.0. The topological polar surface area (TPSA) is 49.8 Å². The smallest absolute Gasteiger partial charge is 0.414 e. The molecule has 0 saturated carbocycles. The lowest BCUT2D eigenvalue weighted by Gasteiger charge is -2.31. The summed E-state index contributed by atoms with van der Waals surface area (Å²) in [7, 11) is 0.